The lowest BCUT2D eigenvalue weighted by molar-refractivity contribution is -0.150. The summed E-state index contributed by atoms with van der Waals surface area (Å²) in [5, 5.41) is 4.87. The van der Waals surface area contributed by atoms with Gasteiger partial charge in [0.1, 0.15) is 17.9 Å². The number of amides is 4. The third kappa shape index (κ3) is 4.42. The molecule has 0 saturated carbocycles. The van der Waals surface area contributed by atoms with E-state index in [1.54, 1.807) is 26.8 Å². The van der Waals surface area contributed by atoms with Crippen molar-refractivity contribution in [2.45, 2.75) is 39.2 Å². The lowest BCUT2D eigenvalue weighted by Gasteiger charge is -2.22. The van der Waals surface area contributed by atoms with E-state index in [2.05, 4.69) is 10.6 Å². The molecule has 1 heterocycles. The SMILES string of the molecule is CCC1(CC)NC(=O)N(CC(=O)OCC(=O)Nc2ccc(C)cc2F)C1=O. The third-order valence-corrected chi connectivity index (χ3v) is 4.50. The number of carbonyl (C=O) groups is 4. The first kappa shape index (κ1) is 20.3. The zero-order valence-corrected chi connectivity index (χ0v) is 15.4. The molecule has 4 amide bonds. The molecule has 146 valence electrons. The summed E-state index contributed by atoms with van der Waals surface area (Å²) in [6, 6.07) is 3.60. The van der Waals surface area contributed by atoms with Gasteiger partial charge in [-0.05, 0) is 37.5 Å². The Morgan fingerprint density at radius 3 is 2.48 bits per heavy atom. The zero-order valence-electron chi connectivity index (χ0n) is 15.4. The fraction of sp³-hybridized carbons (Fsp3) is 0.444. The Labute approximate surface area is 156 Å². The maximum Gasteiger partial charge on any atom is 0.326 e. The van der Waals surface area contributed by atoms with Crippen LogP contribution in [0.4, 0.5) is 14.9 Å². The van der Waals surface area contributed by atoms with E-state index in [1.807, 2.05) is 0 Å². The van der Waals surface area contributed by atoms with Gasteiger partial charge in [0, 0.05) is 0 Å². The minimum Gasteiger partial charge on any atom is -0.454 e. The Kier molecular flexibility index (Phi) is 6.14. The van der Waals surface area contributed by atoms with Crippen LogP contribution in [0.15, 0.2) is 18.2 Å². The molecule has 1 fully saturated rings. The maximum absolute atomic E-state index is 13.7. The summed E-state index contributed by atoms with van der Waals surface area (Å²) in [4.78, 5) is 48.8. The fourth-order valence-electron chi connectivity index (χ4n) is 2.78. The predicted molar refractivity (Wildman–Crippen MR) is 94.3 cm³/mol. The van der Waals surface area contributed by atoms with Gasteiger partial charge in [0.15, 0.2) is 6.61 Å². The predicted octanol–water partition coefficient (Wildman–Crippen LogP) is 1.73. The number of ether oxygens (including phenoxy) is 1. The highest BCUT2D eigenvalue weighted by molar-refractivity contribution is 6.08. The number of esters is 1. The minimum atomic E-state index is -1.02. The molecule has 0 unspecified atom stereocenters. The van der Waals surface area contributed by atoms with E-state index in [0.717, 1.165) is 4.90 Å². The summed E-state index contributed by atoms with van der Waals surface area (Å²) in [5.74, 6) is -2.76. The molecule has 0 aliphatic carbocycles. The molecule has 1 aliphatic rings. The van der Waals surface area contributed by atoms with Crippen molar-refractivity contribution in [1.82, 2.24) is 10.2 Å². The number of rotatable bonds is 7. The monoisotopic (exact) mass is 379 g/mol. The molecular weight excluding hydrogens is 357 g/mol. The number of hydrogen-bond acceptors (Lipinski definition) is 5. The summed E-state index contributed by atoms with van der Waals surface area (Å²) in [6.07, 6.45) is 0.786. The third-order valence-electron chi connectivity index (χ3n) is 4.50. The van der Waals surface area contributed by atoms with E-state index in [4.69, 9.17) is 4.74 Å². The summed E-state index contributed by atoms with van der Waals surface area (Å²) >= 11 is 0. The molecule has 1 aromatic rings. The second kappa shape index (κ2) is 8.15. The Bertz CT molecular complexity index is 776. The van der Waals surface area contributed by atoms with Crippen LogP contribution in [0.25, 0.3) is 0 Å². The Hall–Kier alpha value is -2.97. The molecule has 2 N–H and O–H groups in total. The van der Waals surface area contributed by atoms with E-state index in [0.29, 0.717) is 18.4 Å². The van der Waals surface area contributed by atoms with Crippen LogP contribution < -0.4 is 10.6 Å². The van der Waals surface area contributed by atoms with Crippen LogP contribution in [0.5, 0.6) is 0 Å². The highest BCUT2D eigenvalue weighted by Crippen LogP contribution is 2.24. The van der Waals surface area contributed by atoms with Crippen LogP contribution in [0.1, 0.15) is 32.3 Å². The number of nitrogens with one attached hydrogen (secondary N) is 2. The lowest BCUT2D eigenvalue weighted by Crippen LogP contribution is -2.46. The number of hydrogen-bond donors (Lipinski definition) is 2. The molecule has 0 atom stereocenters. The average Bonchev–Trinajstić information content (AvgIpc) is 2.87. The van der Waals surface area contributed by atoms with Gasteiger partial charge in [0.2, 0.25) is 0 Å². The molecule has 1 aromatic carbocycles. The van der Waals surface area contributed by atoms with Crippen molar-refractivity contribution in [3.8, 4) is 0 Å². The van der Waals surface area contributed by atoms with Gasteiger partial charge >= 0.3 is 12.0 Å². The van der Waals surface area contributed by atoms with Gasteiger partial charge in [0.25, 0.3) is 11.8 Å². The molecule has 1 saturated heterocycles. The highest BCUT2D eigenvalue weighted by atomic mass is 19.1. The number of carbonyl (C=O) groups excluding carboxylic acids is 4. The molecule has 0 aromatic heterocycles. The second-order valence-electron chi connectivity index (χ2n) is 6.30. The van der Waals surface area contributed by atoms with Gasteiger partial charge in [0.05, 0.1) is 5.69 Å². The van der Waals surface area contributed by atoms with Crippen molar-refractivity contribution < 1.29 is 28.3 Å². The van der Waals surface area contributed by atoms with Crippen molar-refractivity contribution in [2.75, 3.05) is 18.5 Å². The first-order valence-corrected chi connectivity index (χ1v) is 8.58. The fourth-order valence-corrected chi connectivity index (χ4v) is 2.78. The molecule has 0 spiro atoms. The number of benzene rings is 1. The first-order valence-electron chi connectivity index (χ1n) is 8.58. The highest BCUT2D eigenvalue weighted by Gasteiger charge is 2.49. The van der Waals surface area contributed by atoms with Gasteiger partial charge in [-0.25, -0.2) is 9.18 Å². The number of halogens is 1. The number of nitrogens with zero attached hydrogens (tertiary/aromatic N) is 1. The zero-order chi connectivity index (χ0) is 20.2. The van der Waals surface area contributed by atoms with Crippen molar-refractivity contribution in [3.05, 3.63) is 29.6 Å². The van der Waals surface area contributed by atoms with Crippen molar-refractivity contribution in [2.24, 2.45) is 0 Å². The van der Waals surface area contributed by atoms with E-state index in [-0.39, 0.29) is 5.69 Å². The summed E-state index contributed by atoms with van der Waals surface area (Å²) in [6.45, 7) is 3.97. The molecule has 8 nitrogen and oxygen atoms in total. The Balaban J connectivity index is 1.88. The standard InChI is InChI=1S/C18H22FN3O5/c1-4-18(5-2)16(25)22(17(26)21-18)9-15(24)27-10-14(23)20-13-7-6-11(3)8-12(13)19/h6-8H,4-5,9-10H2,1-3H3,(H,20,23)(H,21,26). The minimum absolute atomic E-state index is 0.0357. The van der Waals surface area contributed by atoms with Crippen LogP contribution in [0.2, 0.25) is 0 Å². The van der Waals surface area contributed by atoms with E-state index < -0.39 is 48.3 Å². The topological polar surface area (TPSA) is 105 Å². The van der Waals surface area contributed by atoms with E-state index >= 15 is 0 Å². The Morgan fingerprint density at radius 1 is 1.26 bits per heavy atom. The number of aryl methyl sites for hydroxylation is 1. The molecule has 0 bridgehead atoms. The smallest absolute Gasteiger partial charge is 0.326 e. The van der Waals surface area contributed by atoms with Gasteiger partial charge in [-0.2, -0.15) is 0 Å². The van der Waals surface area contributed by atoms with Crippen LogP contribution in [-0.2, 0) is 19.1 Å². The second-order valence-corrected chi connectivity index (χ2v) is 6.30. The molecule has 27 heavy (non-hydrogen) atoms. The van der Waals surface area contributed by atoms with Gasteiger partial charge < -0.3 is 15.4 Å². The lowest BCUT2D eigenvalue weighted by atomic mass is 9.93. The quantitative estimate of drug-likeness (QED) is 0.554. The number of anilines is 1. The van der Waals surface area contributed by atoms with Crippen molar-refractivity contribution in [3.63, 3.8) is 0 Å². The molecule has 0 radical (unpaired) electrons. The van der Waals surface area contributed by atoms with Gasteiger partial charge in [-0.15, -0.1) is 0 Å². The van der Waals surface area contributed by atoms with Crippen LogP contribution >= 0.6 is 0 Å². The molecule has 1 aliphatic heterocycles. The van der Waals surface area contributed by atoms with Crippen molar-refractivity contribution in [1.29, 1.82) is 0 Å². The van der Waals surface area contributed by atoms with Crippen LogP contribution in [0, 0.1) is 12.7 Å². The maximum atomic E-state index is 13.7. The normalized spacial score (nSPS) is 15.5. The molecular formula is C18H22FN3O5. The van der Waals surface area contributed by atoms with E-state index in [1.165, 1.54) is 12.1 Å². The first-order chi connectivity index (χ1) is 12.7. The van der Waals surface area contributed by atoms with Gasteiger partial charge in [-0.3, -0.25) is 19.3 Å². The molecule has 9 heteroatoms. The summed E-state index contributed by atoms with van der Waals surface area (Å²) in [7, 11) is 0. The van der Waals surface area contributed by atoms with Crippen molar-refractivity contribution >= 4 is 29.5 Å². The average molecular weight is 379 g/mol. The largest absolute Gasteiger partial charge is 0.454 e. The van der Waals surface area contributed by atoms with Crippen LogP contribution in [-0.4, -0.2) is 47.4 Å². The molecule has 2 rings (SSSR count). The summed E-state index contributed by atoms with van der Waals surface area (Å²) < 4.78 is 18.5. The van der Waals surface area contributed by atoms with Gasteiger partial charge in [-0.1, -0.05) is 19.9 Å². The summed E-state index contributed by atoms with van der Waals surface area (Å²) in [5.41, 5.74) is -0.357. The van der Waals surface area contributed by atoms with E-state index in [9.17, 15) is 23.6 Å². The van der Waals surface area contributed by atoms with Crippen LogP contribution in [0.3, 0.4) is 0 Å². The Morgan fingerprint density at radius 2 is 1.93 bits per heavy atom. The number of urea groups is 1. The number of imide groups is 1.